The van der Waals surface area contributed by atoms with E-state index in [0.29, 0.717) is 24.6 Å². The van der Waals surface area contributed by atoms with Crippen molar-refractivity contribution in [3.63, 3.8) is 0 Å². The summed E-state index contributed by atoms with van der Waals surface area (Å²) in [5, 5.41) is 17.3. The van der Waals surface area contributed by atoms with Crippen LogP contribution in [0.25, 0.3) is 0 Å². The number of rotatable bonds is 4. The van der Waals surface area contributed by atoms with Crippen molar-refractivity contribution >= 4 is 23.8 Å². The first-order valence-corrected chi connectivity index (χ1v) is 6.32. The van der Waals surface area contributed by atoms with Crippen LogP contribution in [-0.2, 0) is 0 Å². The maximum absolute atomic E-state index is 13.2. The van der Waals surface area contributed by atoms with Crippen LogP contribution in [0.4, 0.5) is 46.5 Å². The molecular formula is C14H8F8N2O2. The Balaban J connectivity index is 3.20. The van der Waals surface area contributed by atoms with Crippen molar-refractivity contribution < 1.29 is 45.3 Å². The fourth-order valence-corrected chi connectivity index (χ4v) is 1.30. The number of benzene rings is 1. The first-order valence-electron chi connectivity index (χ1n) is 6.32. The van der Waals surface area contributed by atoms with Gasteiger partial charge in [0, 0.05) is 36.7 Å². The first kappa shape index (κ1) is 21.1. The largest absolute Gasteiger partial charge is 0.504 e. The Bertz CT molecular complexity index is 711. The molecule has 0 aliphatic heterocycles. The van der Waals surface area contributed by atoms with Crippen LogP contribution in [0, 0.1) is 11.6 Å². The van der Waals surface area contributed by atoms with Crippen molar-refractivity contribution in [1.29, 1.82) is 0 Å². The van der Waals surface area contributed by atoms with E-state index < -0.39 is 46.9 Å². The number of halogens is 8. The molecule has 26 heavy (non-hydrogen) atoms. The van der Waals surface area contributed by atoms with Crippen molar-refractivity contribution in [3.8, 4) is 0 Å². The number of nitrogens with zero attached hydrogens (tertiary/aromatic N) is 2. The van der Waals surface area contributed by atoms with Gasteiger partial charge >= 0.3 is 12.4 Å². The molecule has 142 valence electrons. The van der Waals surface area contributed by atoms with E-state index in [1.807, 2.05) is 0 Å². The smallest absolute Gasteiger partial charge is 0.448 e. The van der Waals surface area contributed by atoms with Gasteiger partial charge in [-0.15, -0.1) is 0 Å². The van der Waals surface area contributed by atoms with E-state index in [-0.39, 0.29) is 12.2 Å². The predicted molar refractivity (Wildman–Crippen MR) is 76.2 cm³/mol. The van der Waals surface area contributed by atoms with Gasteiger partial charge in [0.2, 0.25) is 0 Å². The van der Waals surface area contributed by atoms with Crippen LogP contribution >= 0.6 is 0 Å². The van der Waals surface area contributed by atoms with E-state index in [2.05, 4.69) is 9.98 Å². The fourth-order valence-electron chi connectivity index (χ4n) is 1.30. The van der Waals surface area contributed by atoms with Crippen LogP contribution in [0.2, 0.25) is 0 Å². The Hall–Kier alpha value is -2.92. The zero-order chi connectivity index (χ0) is 20.1. The summed E-state index contributed by atoms with van der Waals surface area (Å²) in [7, 11) is 0. The van der Waals surface area contributed by atoms with Crippen LogP contribution in [0.1, 0.15) is 0 Å². The van der Waals surface area contributed by atoms with Crippen LogP contribution < -0.4 is 0 Å². The van der Waals surface area contributed by atoms with Gasteiger partial charge in [0.25, 0.3) is 0 Å². The Labute approximate surface area is 140 Å². The van der Waals surface area contributed by atoms with Crippen molar-refractivity contribution in [3.05, 3.63) is 47.4 Å². The molecule has 2 N–H and O–H groups in total. The highest BCUT2D eigenvalue weighted by atomic mass is 19.4. The quantitative estimate of drug-likeness (QED) is 0.413. The summed E-state index contributed by atoms with van der Waals surface area (Å²) in [5.41, 5.74) is -1.10. The second-order valence-corrected chi connectivity index (χ2v) is 4.41. The lowest BCUT2D eigenvalue weighted by Crippen LogP contribution is -2.11. The molecule has 4 nitrogen and oxygen atoms in total. The van der Waals surface area contributed by atoms with Gasteiger partial charge in [-0.2, -0.15) is 26.3 Å². The number of alkyl halides is 6. The average Bonchev–Trinajstić information content (AvgIpc) is 2.49. The van der Waals surface area contributed by atoms with E-state index in [0.717, 1.165) is 0 Å². The lowest BCUT2D eigenvalue weighted by molar-refractivity contribution is -0.120. The normalized spacial score (nSPS) is 14.6. The van der Waals surface area contributed by atoms with Crippen molar-refractivity contribution in [1.82, 2.24) is 0 Å². The SMILES string of the molecule is OC(=CC=Nc1cc(F)c(F)cc1N=CC=C(O)C(F)(F)F)C(F)(F)F. The Morgan fingerprint density at radius 2 is 1.04 bits per heavy atom. The van der Waals surface area contributed by atoms with Gasteiger partial charge in [-0.05, 0) is 0 Å². The van der Waals surface area contributed by atoms with Gasteiger partial charge in [0.05, 0.1) is 11.4 Å². The summed E-state index contributed by atoms with van der Waals surface area (Å²) in [5.74, 6) is -6.94. The maximum atomic E-state index is 13.2. The molecule has 0 bridgehead atoms. The van der Waals surface area contributed by atoms with Gasteiger partial charge in [-0.25, -0.2) is 8.78 Å². The van der Waals surface area contributed by atoms with Gasteiger partial charge < -0.3 is 10.2 Å². The number of hydrogen-bond acceptors (Lipinski definition) is 4. The molecule has 1 aromatic carbocycles. The van der Waals surface area contributed by atoms with Crippen LogP contribution in [0.15, 0.2) is 45.8 Å². The molecule has 0 aliphatic rings. The monoisotopic (exact) mass is 388 g/mol. The average molecular weight is 388 g/mol. The molecule has 0 spiro atoms. The fraction of sp³-hybridized carbons (Fsp3) is 0.143. The van der Waals surface area contributed by atoms with Crippen molar-refractivity contribution in [2.45, 2.75) is 12.4 Å². The minimum Gasteiger partial charge on any atom is -0.504 e. The van der Waals surface area contributed by atoms with Crippen LogP contribution in [0.3, 0.4) is 0 Å². The third kappa shape index (κ3) is 6.18. The lowest BCUT2D eigenvalue weighted by Gasteiger charge is -2.04. The number of aliphatic imine (C=N–C) groups is 2. The van der Waals surface area contributed by atoms with Crippen molar-refractivity contribution in [2.75, 3.05) is 0 Å². The zero-order valence-electron chi connectivity index (χ0n) is 12.3. The predicted octanol–water partition coefficient (Wildman–Crippen LogP) is 5.38. The molecule has 12 heteroatoms. The number of aliphatic hydroxyl groups is 2. The summed E-state index contributed by atoms with van der Waals surface area (Å²) in [6.07, 6.45) is -9.08. The molecular weight excluding hydrogens is 380 g/mol. The van der Waals surface area contributed by atoms with Crippen LogP contribution in [-0.4, -0.2) is 35.0 Å². The van der Waals surface area contributed by atoms with E-state index in [1.54, 1.807) is 0 Å². The molecule has 1 rings (SSSR count). The van der Waals surface area contributed by atoms with E-state index in [1.165, 1.54) is 0 Å². The minimum absolute atomic E-state index is 0.115. The second-order valence-electron chi connectivity index (χ2n) is 4.41. The highest BCUT2D eigenvalue weighted by Crippen LogP contribution is 2.30. The molecule has 1 aromatic rings. The number of aliphatic hydroxyl groups excluding tert-OH is 2. The summed E-state index contributed by atoms with van der Waals surface area (Å²) >= 11 is 0. The molecule has 0 saturated carbocycles. The summed E-state index contributed by atoms with van der Waals surface area (Å²) in [6, 6.07) is 0.842. The van der Waals surface area contributed by atoms with E-state index in [4.69, 9.17) is 10.2 Å². The van der Waals surface area contributed by atoms with Gasteiger partial charge in [0.1, 0.15) is 0 Å². The van der Waals surface area contributed by atoms with E-state index in [9.17, 15) is 35.1 Å². The van der Waals surface area contributed by atoms with Gasteiger partial charge in [-0.3, -0.25) is 9.98 Å². The third-order valence-electron chi connectivity index (χ3n) is 2.49. The summed E-state index contributed by atoms with van der Waals surface area (Å²) in [4.78, 5) is 6.64. The Morgan fingerprint density at radius 1 is 0.731 bits per heavy atom. The molecule has 0 radical (unpaired) electrons. The highest BCUT2D eigenvalue weighted by molar-refractivity contribution is 5.81. The number of allylic oxidation sites excluding steroid dienone is 4. The standard InChI is InChI=1S/C14H8F8N2O2/c15-7-5-9(23-3-1-11(25)13(17,18)19)10(6-8(7)16)24-4-2-12(26)14(20,21)22/h1-6,25-26H. The summed E-state index contributed by atoms with van der Waals surface area (Å²) < 4.78 is 98.8. The lowest BCUT2D eigenvalue weighted by atomic mass is 10.2. The van der Waals surface area contributed by atoms with Gasteiger partial charge in [0.15, 0.2) is 23.2 Å². The van der Waals surface area contributed by atoms with Crippen LogP contribution in [0.5, 0.6) is 0 Å². The zero-order valence-corrected chi connectivity index (χ0v) is 12.3. The second kappa shape index (κ2) is 7.97. The third-order valence-corrected chi connectivity index (χ3v) is 2.49. The first-order chi connectivity index (χ1) is 11.8. The molecule has 0 fully saturated rings. The molecule has 0 heterocycles. The molecule has 0 aromatic heterocycles. The van der Waals surface area contributed by atoms with E-state index >= 15 is 0 Å². The molecule has 0 unspecified atom stereocenters. The topological polar surface area (TPSA) is 65.2 Å². The molecule has 0 amide bonds. The Morgan fingerprint density at radius 3 is 1.31 bits per heavy atom. The molecule has 0 saturated heterocycles. The maximum Gasteiger partial charge on any atom is 0.448 e. The van der Waals surface area contributed by atoms with Gasteiger partial charge in [-0.1, -0.05) is 0 Å². The highest BCUT2D eigenvalue weighted by Gasteiger charge is 2.33. The summed E-state index contributed by atoms with van der Waals surface area (Å²) in [6.45, 7) is 0. The number of hydrogen-bond donors (Lipinski definition) is 2. The minimum atomic E-state index is -5.05. The Kier molecular flexibility index (Phi) is 6.48. The van der Waals surface area contributed by atoms with Crippen molar-refractivity contribution in [2.24, 2.45) is 9.98 Å². The molecule has 0 atom stereocenters. The molecule has 0 aliphatic carbocycles.